The van der Waals surface area contributed by atoms with Crippen molar-refractivity contribution < 1.29 is 13.5 Å². The Hall–Kier alpha value is -1.43. The van der Waals surface area contributed by atoms with Crippen molar-refractivity contribution in [2.75, 3.05) is 43.6 Å². The van der Waals surface area contributed by atoms with Crippen molar-refractivity contribution in [1.29, 1.82) is 0 Å². The van der Waals surface area contributed by atoms with Crippen LogP contribution in [0, 0.1) is 17.6 Å². The molecule has 0 aliphatic heterocycles. The zero-order chi connectivity index (χ0) is 15.8. The van der Waals surface area contributed by atoms with Gasteiger partial charge >= 0.3 is 0 Å². The summed E-state index contributed by atoms with van der Waals surface area (Å²) in [6, 6.07) is 0.889. The maximum Gasteiger partial charge on any atom is 0.168 e. The lowest BCUT2D eigenvalue weighted by atomic mass is 10.2. The molecule has 120 valence electrons. The Kier molecular flexibility index (Phi) is 7.36. The fourth-order valence-electron chi connectivity index (χ4n) is 1.97. The zero-order valence-corrected chi connectivity index (χ0v) is 13.2. The molecule has 21 heavy (non-hydrogen) atoms. The van der Waals surface area contributed by atoms with Crippen LogP contribution in [0.2, 0.25) is 0 Å². The molecule has 1 N–H and O–H groups in total. The maximum absolute atomic E-state index is 14.1. The molecule has 0 saturated carbocycles. The summed E-state index contributed by atoms with van der Waals surface area (Å²) in [5.74, 6) is -0.715. The molecule has 1 heterocycles. The van der Waals surface area contributed by atoms with Gasteiger partial charge in [0.1, 0.15) is 0 Å². The first-order valence-corrected chi connectivity index (χ1v) is 7.33. The van der Waals surface area contributed by atoms with Crippen molar-refractivity contribution in [1.82, 2.24) is 4.98 Å². The lowest BCUT2D eigenvalue weighted by Gasteiger charge is -2.26. The predicted octanol–water partition coefficient (Wildman–Crippen LogP) is 3.29. The topological polar surface area (TPSA) is 37.4 Å². The van der Waals surface area contributed by atoms with E-state index in [0.29, 0.717) is 32.2 Å². The third kappa shape index (κ3) is 5.46. The Morgan fingerprint density at radius 3 is 2.62 bits per heavy atom. The van der Waals surface area contributed by atoms with E-state index in [1.54, 1.807) is 12.0 Å². The second-order valence-corrected chi connectivity index (χ2v) is 5.38. The van der Waals surface area contributed by atoms with Gasteiger partial charge in [0.15, 0.2) is 23.3 Å². The van der Waals surface area contributed by atoms with Gasteiger partial charge in [0, 0.05) is 32.8 Å². The predicted molar refractivity (Wildman–Crippen MR) is 81.9 cm³/mol. The van der Waals surface area contributed by atoms with Crippen molar-refractivity contribution in [3.63, 3.8) is 0 Å². The van der Waals surface area contributed by atoms with Crippen LogP contribution in [0.5, 0.6) is 0 Å². The van der Waals surface area contributed by atoms with Gasteiger partial charge in [-0.1, -0.05) is 20.8 Å². The summed E-state index contributed by atoms with van der Waals surface area (Å²) in [5, 5.41) is 2.88. The molecule has 0 aromatic carbocycles. The highest BCUT2D eigenvalue weighted by molar-refractivity contribution is 5.49. The van der Waals surface area contributed by atoms with E-state index in [1.165, 1.54) is 0 Å². The zero-order valence-electron chi connectivity index (χ0n) is 13.2. The molecule has 0 bridgehead atoms. The average Bonchev–Trinajstić information content (AvgIpc) is 2.42. The van der Waals surface area contributed by atoms with Crippen LogP contribution < -0.4 is 10.2 Å². The first-order chi connectivity index (χ1) is 9.99. The van der Waals surface area contributed by atoms with Gasteiger partial charge in [-0.2, -0.15) is 0 Å². The number of halogens is 2. The monoisotopic (exact) mass is 301 g/mol. The molecule has 1 rings (SSSR count). The highest BCUT2D eigenvalue weighted by Gasteiger charge is 2.18. The Bertz CT molecular complexity index is 441. The number of aromatic nitrogens is 1. The van der Waals surface area contributed by atoms with Gasteiger partial charge < -0.3 is 15.0 Å². The maximum atomic E-state index is 14.1. The number of nitrogens with zero attached hydrogens (tertiary/aromatic N) is 2. The van der Waals surface area contributed by atoms with Gasteiger partial charge in [0.05, 0.1) is 6.61 Å². The molecule has 0 unspecified atom stereocenters. The first kappa shape index (κ1) is 17.6. The average molecular weight is 301 g/mol. The van der Waals surface area contributed by atoms with Crippen molar-refractivity contribution in [3.05, 3.63) is 17.7 Å². The number of nitrogens with one attached hydrogen (secondary N) is 1. The molecule has 0 radical (unpaired) electrons. The molecule has 1 aromatic heterocycles. The normalized spacial score (nSPS) is 11.0. The largest absolute Gasteiger partial charge is 0.383 e. The number of hydrogen-bond donors (Lipinski definition) is 1. The van der Waals surface area contributed by atoms with Gasteiger partial charge in [-0.3, -0.25) is 0 Å². The summed E-state index contributed by atoms with van der Waals surface area (Å²) in [6.45, 7) is 8.25. The molecule has 0 amide bonds. The van der Waals surface area contributed by atoms with Crippen molar-refractivity contribution in [2.45, 2.75) is 27.2 Å². The van der Waals surface area contributed by atoms with Gasteiger partial charge in [0.25, 0.3) is 0 Å². The summed E-state index contributed by atoms with van der Waals surface area (Å²) >= 11 is 0. The molecule has 0 fully saturated rings. The van der Waals surface area contributed by atoms with Crippen molar-refractivity contribution >= 4 is 11.6 Å². The van der Waals surface area contributed by atoms with Crippen molar-refractivity contribution in [2.24, 2.45) is 5.92 Å². The Balaban J connectivity index is 3.04. The summed E-state index contributed by atoms with van der Waals surface area (Å²) in [4.78, 5) is 5.92. The van der Waals surface area contributed by atoms with E-state index in [9.17, 15) is 8.78 Å². The highest BCUT2D eigenvalue weighted by atomic mass is 19.1. The van der Waals surface area contributed by atoms with E-state index < -0.39 is 11.6 Å². The summed E-state index contributed by atoms with van der Waals surface area (Å²) in [7, 11) is 1.59. The number of rotatable bonds is 9. The number of pyridine rings is 1. The minimum atomic E-state index is -0.666. The molecule has 0 spiro atoms. The van der Waals surface area contributed by atoms with E-state index in [2.05, 4.69) is 10.3 Å². The lowest BCUT2D eigenvalue weighted by Crippen LogP contribution is -2.32. The Labute approximate surface area is 125 Å². The third-order valence-electron chi connectivity index (χ3n) is 2.90. The minimum absolute atomic E-state index is 0.0967. The quantitative estimate of drug-likeness (QED) is 0.759. The minimum Gasteiger partial charge on any atom is -0.383 e. The third-order valence-corrected chi connectivity index (χ3v) is 2.90. The van der Waals surface area contributed by atoms with Crippen LogP contribution in [0.15, 0.2) is 6.07 Å². The van der Waals surface area contributed by atoms with Crippen LogP contribution in [0.4, 0.5) is 20.4 Å². The molecule has 0 saturated heterocycles. The van der Waals surface area contributed by atoms with Gasteiger partial charge in [-0.05, 0) is 12.3 Å². The lowest BCUT2D eigenvalue weighted by molar-refractivity contribution is 0.204. The van der Waals surface area contributed by atoms with Gasteiger partial charge in [-0.25, -0.2) is 13.8 Å². The standard InChI is InChI=1S/C15H25F2N3O/c1-5-6-18-14-12(16)9-13(17)15(19-14)20(7-8-21-4)10-11(2)3/h9,11H,5-8,10H2,1-4H3,(H,18,19). The molecule has 1 aromatic rings. The molecule has 0 atom stereocenters. The van der Waals surface area contributed by atoms with Crippen LogP contribution in [0.25, 0.3) is 0 Å². The number of methoxy groups -OCH3 is 1. The SMILES string of the molecule is CCCNc1nc(N(CCOC)CC(C)C)c(F)cc1F. The molecule has 0 aliphatic carbocycles. The molecular weight excluding hydrogens is 276 g/mol. The highest BCUT2D eigenvalue weighted by Crippen LogP contribution is 2.23. The molecule has 6 heteroatoms. The van der Waals surface area contributed by atoms with Crippen molar-refractivity contribution in [3.8, 4) is 0 Å². The van der Waals surface area contributed by atoms with Crippen LogP contribution >= 0.6 is 0 Å². The van der Waals surface area contributed by atoms with E-state index in [0.717, 1.165) is 12.5 Å². The van der Waals surface area contributed by atoms with Crippen LogP contribution in [-0.4, -0.2) is 38.3 Å². The number of anilines is 2. The Morgan fingerprint density at radius 1 is 1.33 bits per heavy atom. The van der Waals surface area contributed by atoms with Crippen LogP contribution in [0.3, 0.4) is 0 Å². The van der Waals surface area contributed by atoms with Crippen LogP contribution in [0.1, 0.15) is 27.2 Å². The van der Waals surface area contributed by atoms with E-state index in [1.807, 2.05) is 20.8 Å². The van der Waals surface area contributed by atoms with Gasteiger partial charge in [0.2, 0.25) is 0 Å². The van der Waals surface area contributed by atoms with E-state index in [-0.39, 0.29) is 11.6 Å². The first-order valence-electron chi connectivity index (χ1n) is 7.33. The molecule has 0 aliphatic rings. The summed E-state index contributed by atoms with van der Waals surface area (Å²) < 4.78 is 32.8. The summed E-state index contributed by atoms with van der Waals surface area (Å²) in [5.41, 5.74) is 0. The number of ether oxygens (including phenoxy) is 1. The Morgan fingerprint density at radius 2 is 2.05 bits per heavy atom. The number of hydrogen-bond acceptors (Lipinski definition) is 4. The van der Waals surface area contributed by atoms with E-state index in [4.69, 9.17) is 4.74 Å². The fourth-order valence-corrected chi connectivity index (χ4v) is 1.97. The second kappa shape index (κ2) is 8.77. The smallest absolute Gasteiger partial charge is 0.168 e. The fraction of sp³-hybridized carbons (Fsp3) is 0.667. The summed E-state index contributed by atoms with van der Waals surface area (Å²) in [6.07, 6.45) is 0.840. The van der Waals surface area contributed by atoms with Crippen LogP contribution in [-0.2, 0) is 4.74 Å². The molecular formula is C15H25F2N3O. The second-order valence-electron chi connectivity index (χ2n) is 5.38. The molecule has 4 nitrogen and oxygen atoms in total. The van der Waals surface area contributed by atoms with E-state index >= 15 is 0 Å². The van der Waals surface area contributed by atoms with Gasteiger partial charge in [-0.15, -0.1) is 0 Å².